The van der Waals surface area contributed by atoms with E-state index in [2.05, 4.69) is 12.2 Å². The Morgan fingerprint density at radius 1 is 0.941 bits per heavy atom. The molecule has 0 radical (unpaired) electrons. The van der Waals surface area contributed by atoms with Crippen molar-refractivity contribution in [2.45, 2.75) is 71.1 Å². The third kappa shape index (κ3) is 13.7. The SMILES string of the molecule is CCCCCCCCCNC(=O)CCCCCl. The average molecular weight is 262 g/mol. The van der Waals surface area contributed by atoms with Crippen LogP contribution in [-0.4, -0.2) is 18.3 Å². The zero-order valence-corrected chi connectivity index (χ0v) is 12.0. The van der Waals surface area contributed by atoms with Crippen molar-refractivity contribution in [2.24, 2.45) is 0 Å². The van der Waals surface area contributed by atoms with Gasteiger partial charge in [-0.3, -0.25) is 4.79 Å². The lowest BCUT2D eigenvalue weighted by molar-refractivity contribution is -0.121. The van der Waals surface area contributed by atoms with Gasteiger partial charge in [0, 0.05) is 18.8 Å². The zero-order chi connectivity index (χ0) is 12.8. The first kappa shape index (κ1) is 16.8. The molecule has 0 bridgehead atoms. The lowest BCUT2D eigenvalue weighted by atomic mass is 10.1. The Balaban J connectivity index is 3.08. The monoisotopic (exact) mass is 261 g/mol. The topological polar surface area (TPSA) is 29.1 Å². The third-order valence-electron chi connectivity index (χ3n) is 2.89. The van der Waals surface area contributed by atoms with Crippen LogP contribution in [0.25, 0.3) is 0 Å². The minimum atomic E-state index is 0.182. The summed E-state index contributed by atoms with van der Waals surface area (Å²) >= 11 is 5.55. The predicted octanol–water partition coefficient (Wildman–Crippen LogP) is 4.26. The molecule has 1 amide bonds. The van der Waals surface area contributed by atoms with Crippen LogP contribution in [0.1, 0.15) is 71.1 Å². The van der Waals surface area contributed by atoms with Crippen LogP contribution in [-0.2, 0) is 4.79 Å². The van der Waals surface area contributed by atoms with Crippen LogP contribution in [0.2, 0.25) is 0 Å². The molecular formula is C14H28ClNO. The van der Waals surface area contributed by atoms with Gasteiger partial charge in [-0.1, -0.05) is 45.4 Å². The zero-order valence-electron chi connectivity index (χ0n) is 11.3. The lowest BCUT2D eigenvalue weighted by Gasteiger charge is -2.04. The molecule has 0 aliphatic rings. The second-order valence-electron chi connectivity index (χ2n) is 4.62. The van der Waals surface area contributed by atoms with E-state index in [0.717, 1.165) is 25.8 Å². The number of carbonyl (C=O) groups excluding carboxylic acids is 1. The third-order valence-corrected chi connectivity index (χ3v) is 3.16. The number of unbranched alkanes of at least 4 members (excludes halogenated alkanes) is 7. The van der Waals surface area contributed by atoms with Crippen LogP contribution in [0.3, 0.4) is 0 Å². The standard InChI is InChI=1S/C14H28ClNO/c1-2-3-4-5-6-7-10-13-16-14(17)11-8-9-12-15/h2-13H2,1H3,(H,16,17). The van der Waals surface area contributed by atoms with Crippen LogP contribution < -0.4 is 5.32 Å². The van der Waals surface area contributed by atoms with Gasteiger partial charge < -0.3 is 5.32 Å². The molecule has 0 spiro atoms. The molecule has 0 aliphatic heterocycles. The van der Waals surface area contributed by atoms with Gasteiger partial charge in [-0.25, -0.2) is 0 Å². The molecule has 17 heavy (non-hydrogen) atoms. The Morgan fingerprint density at radius 2 is 1.59 bits per heavy atom. The Hall–Kier alpha value is -0.240. The fourth-order valence-corrected chi connectivity index (χ4v) is 1.97. The van der Waals surface area contributed by atoms with E-state index in [0.29, 0.717) is 12.3 Å². The predicted molar refractivity (Wildman–Crippen MR) is 75.6 cm³/mol. The van der Waals surface area contributed by atoms with Gasteiger partial charge in [-0.05, 0) is 19.3 Å². The summed E-state index contributed by atoms with van der Waals surface area (Å²) in [4.78, 5) is 11.3. The van der Waals surface area contributed by atoms with Gasteiger partial charge in [0.25, 0.3) is 0 Å². The van der Waals surface area contributed by atoms with E-state index in [1.807, 2.05) is 0 Å². The normalized spacial score (nSPS) is 10.5. The first-order valence-corrected chi connectivity index (χ1v) is 7.67. The van der Waals surface area contributed by atoms with E-state index in [4.69, 9.17) is 11.6 Å². The summed E-state index contributed by atoms with van der Waals surface area (Å²) in [5.74, 6) is 0.839. The lowest BCUT2D eigenvalue weighted by Crippen LogP contribution is -2.23. The number of alkyl halides is 1. The molecule has 0 aromatic carbocycles. The summed E-state index contributed by atoms with van der Waals surface area (Å²) in [7, 11) is 0. The Labute approximate surface area is 111 Å². The Morgan fingerprint density at radius 3 is 2.24 bits per heavy atom. The van der Waals surface area contributed by atoms with Crippen molar-refractivity contribution in [3.05, 3.63) is 0 Å². The van der Waals surface area contributed by atoms with E-state index in [1.165, 1.54) is 38.5 Å². The molecule has 3 heteroatoms. The number of carbonyl (C=O) groups is 1. The number of halogens is 1. The number of hydrogen-bond donors (Lipinski definition) is 1. The highest BCUT2D eigenvalue weighted by molar-refractivity contribution is 6.17. The van der Waals surface area contributed by atoms with Crippen molar-refractivity contribution in [3.8, 4) is 0 Å². The van der Waals surface area contributed by atoms with Gasteiger partial charge in [0.05, 0.1) is 0 Å². The highest BCUT2D eigenvalue weighted by Gasteiger charge is 1.99. The second-order valence-corrected chi connectivity index (χ2v) is 5.00. The van der Waals surface area contributed by atoms with E-state index >= 15 is 0 Å². The van der Waals surface area contributed by atoms with Crippen LogP contribution in [0, 0.1) is 0 Å². The molecule has 0 unspecified atom stereocenters. The Bertz CT molecular complexity index is 174. The molecule has 0 saturated heterocycles. The minimum Gasteiger partial charge on any atom is -0.356 e. The van der Waals surface area contributed by atoms with Gasteiger partial charge in [0.15, 0.2) is 0 Å². The number of amides is 1. The number of hydrogen-bond acceptors (Lipinski definition) is 1. The quantitative estimate of drug-likeness (QED) is 0.413. The number of rotatable bonds is 12. The first-order chi connectivity index (χ1) is 8.31. The summed E-state index contributed by atoms with van der Waals surface area (Å²) in [6.45, 7) is 3.08. The van der Waals surface area contributed by atoms with E-state index in [-0.39, 0.29) is 5.91 Å². The number of nitrogens with one attached hydrogen (secondary N) is 1. The summed E-state index contributed by atoms with van der Waals surface area (Å²) in [6.07, 6.45) is 11.5. The van der Waals surface area contributed by atoms with Crippen molar-refractivity contribution < 1.29 is 4.79 Å². The van der Waals surface area contributed by atoms with Gasteiger partial charge >= 0.3 is 0 Å². The van der Waals surface area contributed by atoms with Gasteiger partial charge in [-0.15, -0.1) is 11.6 Å². The highest BCUT2D eigenvalue weighted by atomic mass is 35.5. The van der Waals surface area contributed by atoms with Crippen LogP contribution in [0.5, 0.6) is 0 Å². The molecule has 0 rings (SSSR count). The summed E-state index contributed by atoms with van der Waals surface area (Å²) < 4.78 is 0. The van der Waals surface area contributed by atoms with E-state index < -0.39 is 0 Å². The summed E-state index contributed by atoms with van der Waals surface area (Å²) in [5, 5.41) is 2.96. The van der Waals surface area contributed by atoms with Gasteiger partial charge in [0.2, 0.25) is 5.91 Å². The maximum Gasteiger partial charge on any atom is 0.219 e. The van der Waals surface area contributed by atoms with Crippen molar-refractivity contribution >= 4 is 17.5 Å². The fraction of sp³-hybridized carbons (Fsp3) is 0.929. The molecule has 0 fully saturated rings. The van der Waals surface area contributed by atoms with Crippen molar-refractivity contribution in [2.75, 3.05) is 12.4 Å². The van der Waals surface area contributed by atoms with Gasteiger partial charge in [0.1, 0.15) is 0 Å². The maximum absolute atomic E-state index is 11.3. The smallest absolute Gasteiger partial charge is 0.219 e. The summed E-state index contributed by atoms with van der Waals surface area (Å²) in [5.41, 5.74) is 0. The molecule has 102 valence electrons. The molecule has 0 atom stereocenters. The van der Waals surface area contributed by atoms with Crippen LogP contribution in [0.4, 0.5) is 0 Å². The molecule has 0 aromatic heterocycles. The van der Waals surface area contributed by atoms with E-state index in [1.54, 1.807) is 0 Å². The minimum absolute atomic E-state index is 0.182. The highest BCUT2D eigenvalue weighted by Crippen LogP contribution is 2.06. The molecule has 0 heterocycles. The van der Waals surface area contributed by atoms with Crippen molar-refractivity contribution in [1.82, 2.24) is 5.32 Å². The van der Waals surface area contributed by atoms with E-state index in [9.17, 15) is 4.79 Å². The molecule has 0 aromatic rings. The first-order valence-electron chi connectivity index (χ1n) is 7.14. The molecule has 0 aliphatic carbocycles. The summed E-state index contributed by atoms with van der Waals surface area (Å²) in [6, 6.07) is 0. The van der Waals surface area contributed by atoms with Crippen molar-refractivity contribution in [1.29, 1.82) is 0 Å². The Kier molecular flexibility index (Phi) is 13.6. The molecular weight excluding hydrogens is 234 g/mol. The largest absolute Gasteiger partial charge is 0.356 e. The molecule has 0 saturated carbocycles. The second kappa shape index (κ2) is 13.8. The fourth-order valence-electron chi connectivity index (χ4n) is 1.78. The average Bonchev–Trinajstić information content (AvgIpc) is 2.33. The van der Waals surface area contributed by atoms with Crippen molar-refractivity contribution in [3.63, 3.8) is 0 Å². The maximum atomic E-state index is 11.3. The van der Waals surface area contributed by atoms with Crippen LogP contribution in [0.15, 0.2) is 0 Å². The molecule has 2 nitrogen and oxygen atoms in total. The van der Waals surface area contributed by atoms with Gasteiger partial charge in [-0.2, -0.15) is 0 Å². The molecule has 1 N–H and O–H groups in total. The van der Waals surface area contributed by atoms with Crippen LogP contribution >= 0.6 is 11.6 Å².